The van der Waals surface area contributed by atoms with Crippen LogP contribution in [0.5, 0.6) is 5.75 Å². The first-order chi connectivity index (χ1) is 14.5. The first-order valence-corrected chi connectivity index (χ1v) is 9.42. The molecule has 7 nitrogen and oxygen atoms in total. The molecule has 3 rings (SSSR count). The minimum absolute atomic E-state index is 0.0862. The molecule has 0 unspecified atom stereocenters. The molecule has 0 aliphatic rings. The Bertz CT molecular complexity index is 994. The lowest BCUT2D eigenvalue weighted by atomic mass is 10.2. The molecule has 3 N–H and O–H groups in total. The number of carbonyl (C=O) groups is 2. The van der Waals surface area contributed by atoms with Gasteiger partial charge in [0.15, 0.2) is 0 Å². The summed E-state index contributed by atoms with van der Waals surface area (Å²) < 4.78 is 23.5. The maximum absolute atomic E-state index is 13.0. The molecule has 1 aromatic heterocycles. The molecule has 156 valence electrons. The quantitative estimate of drug-likeness (QED) is 0.477. The van der Waals surface area contributed by atoms with E-state index in [1.165, 1.54) is 18.4 Å². The van der Waals surface area contributed by atoms with Gasteiger partial charge >= 0.3 is 6.03 Å². The molecular formula is C21H19ClFN3O4. The molecule has 0 atom stereocenters. The normalized spacial score (nSPS) is 10.3. The van der Waals surface area contributed by atoms with Crippen molar-refractivity contribution in [2.45, 2.75) is 13.0 Å². The number of nitrogens with one attached hydrogen (secondary N) is 3. The molecular weight excluding hydrogens is 413 g/mol. The molecule has 0 spiro atoms. The number of urea groups is 1. The lowest BCUT2D eigenvalue weighted by Gasteiger charge is -2.10. The zero-order chi connectivity index (χ0) is 21.3. The molecule has 3 amide bonds. The lowest BCUT2D eigenvalue weighted by molar-refractivity contribution is -0.116. The van der Waals surface area contributed by atoms with Crippen LogP contribution in [-0.4, -0.2) is 18.5 Å². The Morgan fingerprint density at radius 3 is 2.43 bits per heavy atom. The Balaban J connectivity index is 1.39. The van der Waals surface area contributed by atoms with Gasteiger partial charge < -0.3 is 25.1 Å². The molecule has 9 heteroatoms. The summed E-state index contributed by atoms with van der Waals surface area (Å²) in [4.78, 5) is 23.9. The summed E-state index contributed by atoms with van der Waals surface area (Å²) in [5, 5.41) is 8.22. The number of ether oxygens (including phenoxy) is 1. The van der Waals surface area contributed by atoms with Gasteiger partial charge in [-0.3, -0.25) is 4.79 Å². The molecule has 3 aromatic rings. The average Bonchev–Trinajstić information content (AvgIpc) is 3.23. The van der Waals surface area contributed by atoms with E-state index in [1.807, 2.05) is 0 Å². The van der Waals surface area contributed by atoms with Crippen molar-refractivity contribution in [2.75, 3.05) is 17.2 Å². The summed E-state index contributed by atoms with van der Waals surface area (Å²) in [6.45, 7) is 0.366. The highest BCUT2D eigenvalue weighted by atomic mass is 35.5. The minimum atomic E-state index is -0.460. The predicted octanol–water partition coefficient (Wildman–Crippen LogP) is 4.80. The van der Waals surface area contributed by atoms with E-state index in [0.29, 0.717) is 22.9 Å². The van der Waals surface area contributed by atoms with Gasteiger partial charge in [0.1, 0.15) is 17.3 Å². The number of anilines is 2. The van der Waals surface area contributed by atoms with Crippen molar-refractivity contribution in [3.63, 3.8) is 0 Å². The van der Waals surface area contributed by atoms with Crippen LogP contribution in [0.4, 0.5) is 20.6 Å². The van der Waals surface area contributed by atoms with Gasteiger partial charge in [0.25, 0.3) is 0 Å². The van der Waals surface area contributed by atoms with Gasteiger partial charge in [-0.2, -0.15) is 0 Å². The Morgan fingerprint density at radius 2 is 1.77 bits per heavy atom. The molecule has 2 aromatic carbocycles. The summed E-state index contributed by atoms with van der Waals surface area (Å²) >= 11 is 5.87. The van der Waals surface area contributed by atoms with Gasteiger partial charge in [-0.05, 0) is 54.6 Å². The first kappa shape index (κ1) is 21.2. The number of furan rings is 1. The van der Waals surface area contributed by atoms with E-state index in [-0.39, 0.29) is 36.5 Å². The number of amides is 3. The molecule has 0 aliphatic carbocycles. The van der Waals surface area contributed by atoms with Crippen molar-refractivity contribution in [1.29, 1.82) is 0 Å². The van der Waals surface area contributed by atoms with E-state index in [2.05, 4.69) is 16.0 Å². The second-order valence-corrected chi connectivity index (χ2v) is 6.59. The molecule has 0 bridgehead atoms. The highest BCUT2D eigenvalue weighted by molar-refractivity contribution is 6.32. The van der Waals surface area contributed by atoms with Crippen molar-refractivity contribution in [1.82, 2.24) is 5.32 Å². The molecule has 0 saturated heterocycles. The van der Waals surface area contributed by atoms with Crippen molar-refractivity contribution >= 4 is 34.9 Å². The molecule has 1 heterocycles. The van der Waals surface area contributed by atoms with Crippen LogP contribution in [-0.2, 0) is 11.3 Å². The Morgan fingerprint density at radius 1 is 1.03 bits per heavy atom. The molecule has 0 radical (unpaired) electrons. The summed E-state index contributed by atoms with van der Waals surface area (Å²) in [6.07, 6.45) is 1.62. The molecule has 0 fully saturated rings. The molecule has 0 aliphatic heterocycles. The summed E-state index contributed by atoms with van der Waals surface area (Å²) in [5.41, 5.74) is 1.14. The van der Waals surface area contributed by atoms with E-state index < -0.39 is 5.82 Å². The Hall–Kier alpha value is -3.52. The van der Waals surface area contributed by atoms with Gasteiger partial charge in [-0.1, -0.05) is 11.6 Å². The van der Waals surface area contributed by atoms with E-state index in [0.717, 1.165) is 6.07 Å². The fourth-order valence-electron chi connectivity index (χ4n) is 2.46. The van der Waals surface area contributed by atoms with Crippen LogP contribution in [0.3, 0.4) is 0 Å². The predicted molar refractivity (Wildman–Crippen MR) is 111 cm³/mol. The lowest BCUT2D eigenvalue weighted by Crippen LogP contribution is -2.27. The number of hydrogen-bond donors (Lipinski definition) is 3. The summed E-state index contributed by atoms with van der Waals surface area (Å²) in [6, 6.07) is 13.6. The van der Waals surface area contributed by atoms with Crippen LogP contribution in [0.2, 0.25) is 5.02 Å². The largest absolute Gasteiger partial charge is 0.491 e. The highest BCUT2D eigenvalue weighted by Crippen LogP contribution is 2.25. The second kappa shape index (κ2) is 10.3. The van der Waals surface area contributed by atoms with Crippen molar-refractivity contribution < 1.29 is 23.1 Å². The zero-order valence-corrected chi connectivity index (χ0v) is 16.5. The minimum Gasteiger partial charge on any atom is -0.491 e. The molecule has 0 saturated carbocycles. The monoisotopic (exact) mass is 431 g/mol. The van der Waals surface area contributed by atoms with Crippen LogP contribution >= 0.6 is 11.6 Å². The third-order valence-electron chi connectivity index (χ3n) is 3.91. The Kier molecular flexibility index (Phi) is 7.29. The number of carbonyl (C=O) groups excluding carboxylic acids is 2. The van der Waals surface area contributed by atoms with Gasteiger partial charge in [0.2, 0.25) is 5.91 Å². The van der Waals surface area contributed by atoms with Crippen LogP contribution < -0.4 is 20.7 Å². The third-order valence-corrected chi connectivity index (χ3v) is 4.21. The SMILES string of the molecule is O=C(CCOc1ccc(F)cc1Cl)Nc1ccc(NC(=O)NCc2ccco2)cc1. The average molecular weight is 432 g/mol. The number of rotatable bonds is 8. The topological polar surface area (TPSA) is 92.6 Å². The summed E-state index contributed by atoms with van der Waals surface area (Å²) in [7, 11) is 0. The summed E-state index contributed by atoms with van der Waals surface area (Å²) in [5.74, 6) is 0.240. The van der Waals surface area contributed by atoms with Crippen molar-refractivity contribution in [3.8, 4) is 5.75 Å². The van der Waals surface area contributed by atoms with Gasteiger partial charge in [-0.25, -0.2) is 9.18 Å². The van der Waals surface area contributed by atoms with E-state index in [1.54, 1.807) is 36.4 Å². The zero-order valence-electron chi connectivity index (χ0n) is 15.8. The van der Waals surface area contributed by atoms with Crippen LogP contribution in [0.25, 0.3) is 0 Å². The standard InChI is InChI=1S/C21H19ClFN3O4/c22-18-12-14(23)3-8-19(18)30-11-9-20(27)25-15-4-6-16(7-5-15)26-21(28)24-13-17-2-1-10-29-17/h1-8,10,12H,9,11,13H2,(H,25,27)(H2,24,26,28). The van der Waals surface area contributed by atoms with Crippen LogP contribution in [0.1, 0.15) is 12.2 Å². The smallest absolute Gasteiger partial charge is 0.319 e. The number of halogens is 2. The van der Waals surface area contributed by atoms with E-state index in [4.69, 9.17) is 20.8 Å². The van der Waals surface area contributed by atoms with Gasteiger partial charge in [-0.15, -0.1) is 0 Å². The first-order valence-electron chi connectivity index (χ1n) is 9.04. The van der Waals surface area contributed by atoms with Gasteiger partial charge in [0.05, 0.1) is 30.9 Å². The second-order valence-electron chi connectivity index (χ2n) is 6.19. The van der Waals surface area contributed by atoms with Gasteiger partial charge in [0, 0.05) is 11.4 Å². The fourth-order valence-corrected chi connectivity index (χ4v) is 2.68. The van der Waals surface area contributed by atoms with Crippen molar-refractivity contribution in [2.24, 2.45) is 0 Å². The Labute approximate surface area is 177 Å². The maximum Gasteiger partial charge on any atom is 0.319 e. The fraction of sp³-hybridized carbons (Fsp3) is 0.143. The van der Waals surface area contributed by atoms with Crippen molar-refractivity contribution in [3.05, 3.63) is 77.5 Å². The van der Waals surface area contributed by atoms with E-state index >= 15 is 0 Å². The maximum atomic E-state index is 13.0. The molecule has 30 heavy (non-hydrogen) atoms. The third kappa shape index (κ3) is 6.52. The number of hydrogen-bond acceptors (Lipinski definition) is 4. The van der Waals surface area contributed by atoms with Crippen LogP contribution in [0, 0.1) is 5.82 Å². The van der Waals surface area contributed by atoms with Crippen LogP contribution in [0.15, 0.2) is 65.3 Å². The highest BCUT2D eigenvalue weighted by Gasteiger charge is 2.07. The number of benzene rings is 2. The van der Waals surface area contributed by atoms with E-state index in [9.17, 15) is 14.0 Å².